The van der Waals surface area contributed by atoms with Crippen molar-refractivity contribution in [2.45, 2.75) is 64.5 Å². The molecule has 0 bridgehead atoms. The Morgan fingerprint density at radius 3 is 2.46 bits per heavy atom. The van der Waals surface area contributed by atoms with Gasteiger partial charge in [0, 0.05) is 46.1 Å². The first-order valence-corrected chi connectivity index (χ1v) is 10.8. The van der Waals surface area contributed by atoms with Crippen LogP contribution >= 0.6 is 0 Å². The number of carbonyl (C=O) groups excluding carboxylic acids is 2. The molecule has 0 unspecified atom stereocenters. The molecule has 8 nitrogen and oxygen atoms in total. The van der Waals surface area contributed by atoms with Crippen LogP contribution in [-0.4, -0.2) is 80.5 Å². The molecule has 2 amide bonds. The molecule has 3 aliphatic heterocycles. The van der Waals surface area contributed by atoms with Gasteiger partial charge in [-0.2, -0.15) is 0 Å². The van der Waals surface area contributed by atoms with Crippen molar-refractivity contribution in [3.63, 3.8) is 0 Å². The second kappa shape index (κ2) is 8.59. The number of likely N-dealkylation sites (tertiary alicyclic amines) is 2. The van der Waals surface area contributed by atoms with E-state index < -0.39 is 0 Å². The van der Waals surface area contributed by atoms with E-state index in [0.717, 1.165) is 76.4 Å². The summed E-state index contributed by atoms with van der Waals surface area (Å²) < 4.78 is 2.21. The average Bonchev–Trinajstić information content (AvgIpc) is 2.99. The van der Waals surface area contributed by atoms with E-state index in [2.05, 4.69) is 19.7 Å². The molecule has 2 fully saturated rings. The fourth-order valence-electron chi connectivity index (χ4n) is 4.80. The lowest BCUT2D eigenvalue weighted by Gasteiger charge is -2.36. The van der Waals surface area contributed by atoms with Gasteiger partial charge in [-0.05, 0) is 38.6 Å². The number of nitrogens with zero attached hydrogens (tertiary/aromatic N) is 6. The molecule has 3 aliphatic rings. The van der Waals surface area contributed by atoms with E-state index in [1.807, 2.05) is 9.80 Å². The third kappa shape index (κ3) is 4.06. The van der Waals surface area contributed by atoms with E-state index in [1.54, 1.807) is 6.92 Å². The zero-order chi connectivity index (χ0) is 19.5. The monoisotopic (exact) mass is 388 g/mol. The number of amides is 2. The van der Waals surface area contributed by atoms with Crippen LogP contribution < -0.4 is 0 Å². The first-order valence-electron chi connectivity index (χ1n) is 10.8. The zero-order valence-electron chi connectivity index (χ0n) is 17.0. The minimum Gasteiger partial charge on any atom is -0.342 e. The van der Waals surface area contributed by atoms with Gasteiger partial charge in [0.1, 0.15) is 11.6 Å². The fraction of sp³-hybridized carbons (Fsp3) is 0.800. The number of aromatic nitrogens is 3. The van der Waals surface area contributed by atoms with Crippen molar-refractivity contribution in [1.29, 1.82) is 0 Å². The Labute approximate surface area is 166 Å². The van der Waals surface area contributed by atoms with Crippen molar-refractivity contribution in [1.82, 2.24) is 29.5 Å². The second-order valence-electron chi connectivity index (χ2n) is 8.31. The molecule has 0 aromatic carbocycles. The summed E-state index contributed by atoms with van der Waals surface area (Å²) >= 11 is 0. The van der Waals surface area contributed by atoms with Crippen molar-refractivity contribution in [2.24, 2.45) is 0 Å². The number of rotatable bonds is 3. The topological polar surface area (TPSA) is 74.6 Å². The molecule has 1 aromatic rings. The van der Waals surface area contributed by atoms with E-state index >= 15 is 0 Å². The smallest absolute Gasteiger partial charge is 0.236 e. The van der Waals surface area contributed by atoms with Crippen LogP contribution in [0.3, 0.4) is 0 Å². The lowest BCUT2D eigenvalue weighted by Crippen LogP contribution is -2.45. The quantitative estimate of drug-likeness (QED) is 0.778. The molecule has 8 heteroatoms. The molecule has 4 heterocycles. The predicted octanol–water partition coefficient (Wildman–Crippen LogP) is 1.22. The van der Waals surface area contributed by atoms with Gasteiger partial charge in [-0.3, -0.25) is 14.5 Å². The molecule has 0 N–H and O–H groups in total. The predicted molar refractivity (Wildman–Crippen MR) is 105 cm³/mol. The molecule has 0 spiro atoms. The minimum atomic E-state index is 0.117. The largest absolute Gasteiger partial charge is 0.342 e. The Bertz CT molecular complexity index is 712. The normalized spacial score (nSPS) is 24.0. The number of hydrogen-bond acceptors (Lipinski definition) is 5. The van der Waals surface area contributed by atoms with Gasteiger partial charge >= 0.3 is 0 Å². The molecule has 0 radical (unpaired) electrons. The van der Waals surface area contributed by atoms with Crippen LogP contribution in [0.25, 0.3) is 0 Å². The minimum absolute atomic E-state index is 0.117. The molecular weight excluding hydrogens is 356 g/mol. The van der Waals surface area contributed by atoms with Crippen molar-refractivity contribution in [2.75, 3.05) is 39.3 Å². The van der Waals surface area contributed by atoms with Crippen LogP contribution in [-0.2, 0) is 22.6 Å². The first kappa shape index (κ1) is 19.4. The molecule has 0 saturated carbocycles. The van der Waals surface area contributed by atoms with Crippen LogP contribution in [0, 0.1) is 0 Å². The van der Waals surface area contributed by atoms with Crippen molar-refractivity contribution >= 4 is 11.8 Å². The lowest BCUT2D eigenvalue weighted by atomic mass is 10.0. The number of hydrogen-bond donors (Lipinski definition) is 0. The molecule has 0 aliphatic carbocycles. The molecule has 2 saturated heterocycles. The molecular formula is C20H32N6O2. The molecule has 1 aromatic heterocycles. The summed E-state index contributed by atoms with van der Waals surface area (Å²) in [6.07, 6.45) is 7.52. The fourth-order valence-corrected chi connectivity index (χ4v) is 4.80. The Balaban J connectivity index is 1.49. The summed E-state index contributed by atoms with van der Waals surface area (Å²) in [5.74, 6) is 2.31. The maximum Gasteiger partial charge on any atom is 0.236 e. The molecule has 154 valence electrons. The van der Waals surface area contributed by atoms with Gasteiger partial charge in [0.05, 0.1) is 12.6 Å². The van der Waals surface area contributed by atoms with Gasteiger partial charge in [-0.25, -0.2) is 0 Å². The number of fused-ring (bicyclic) bond motifs is 1. The summed E-state index contributed by atoms with van der Waals surface area (Å²) in [7, 11) is 0. The highest BCUT2D eigenvalue weighted by Crippen LogP contribution is 2.31. The van der Waals surface area contributed by atoms with Gasteiger partial charge in [0.15, 0.2) is 0 Å². The summed E-state index contributed by atoms with van der Waals surface area (Å²) in [6.45, 7) is 6.99. The van der Waals surface area contributed by atoms with Gasteiger partial charge in [0.25, 0.3) is 0 Å². The van der Waals surface area contributed by atoms with Crippen LogP contribution in [0.1, 0.15) is 63.1 Å². The van der Waals surface area contributed by atoms with Crippen LogP contribution in [0.5, 0.6) is 0 Å². The maximum absolute atomic E-state index is 12.8. The van der Waals surface area contributed by atoms with Crippen LogP contribution in [0.15, 0.2) is 0 Å². The Morgan fingerprint density at radius 2 is 1.68 bits per heavy atom. The van der Waals surface area contributed by atoms with Crippen molar-refractivity contribution < 1.29 is 9.59 Å². The van der Waals surface area contributed by atoms with E-state index in [-0.39, 0.29) is 17.9 Å². The van der Waals surface area contributed by atoms with Gasteiger partial charge in [-0.15, -0.1) is 10.2 Å². The third-order valence-corrected chi connectivity index (χ3v) is 6.46. The Morgan fingerprint density at radius 1 is 0.893 bits per heavy atom. The SMILES string of the molecule is CC(=O)N1CCc2nnc([C@H]3CCCCN3CC(=O)N3CCCCC3)n2CC1. The van der Waals surface area contributed by atoms with Crippen molar-refractivity contribution in [3.8, 4) is 0 Å². The highest BCUT2D eigenvalue weighted by molar-refractivity contribution is 5.78. The first-order chi connectivity index (χ1) is 13.6. The lowest BCUT2D eigenvalue weighted by molar-refractivity contribution is -0.134. The maximum atomic E-state index is 12.8. The molecule has 4 rings (SSSR count). The van der Waals surface area contributed by atoms with E-state index in [0.29, 0.717) is 19.6 Å². The van der Waals surface area contributed by atoms with Gasteiger partial charge in [0.2, 0.25) is 11.8 Å². The Kier molecular flexibility index (Phi) is 5.94. The van der Waals surface area contributed by atoms with E-state index in [1.165, 1.54) is 6.42 Å². The summed E-state index contributed by atoms with van der Waals surface area (Å²) in [5.41, 5.74) is 0. The van der Waals surface area contributed by atoms with Crippen LogP contribution in [0.2, 0.25) is 0 Å². The molecule has 28 heavy (non-hydrogen) atoms. The highest BCUT2D eigenvalue weighted by Gasteiger charge is 2.32. The Hall–Kier alpha value is -1.96. The van der Waals surface area contributed by atoms with Gasteiger partial charge in [-0.1, -0.05) is 6.42 Å². The standard InChI is InChI=1S/C20H32N6O2/c1-16(27)23-12-8-18-21-22-20(26(18)14-13-23)17-7-3-6-11-25(17)15-19(28)24-9-4-2-5-10-24/h17H,2-15H2,1H3/t17-/m1/s1. The highest BCUT2D eigenvalue weighted by atomic mass is 16.2. The van der Waals surface area contributed by atoms with Gasteiger partial charge < -0.3 is 14.4 Å². The second-order valence-corrected chi connectivity index (χ2v) is 8.31. The number of piperidine rings is 2. The van der Waals surface area contributed by atoms with E-state index in [4.69, 9.17) is 0 Å². The van der Waals surface area contributed by atoms with Crippen LogP contribution in [0.4, 0.5) is 0 Å². The number of carbonyl (C=O) groups is 2. The zero-order valence-corrected chi connectivity index (χ0v) is 17.0. The third-order valence-electron chi connectivity index (χ3n) is 6.46. The summed E-state index contributed by atoms with van der Waals surface area (Å²) in [6, 6.07) is 0.146. The summed E-state index contributed by atoms with van der Waals surface area (Å²) in [5, 5.41) is 8.99. The van der Waals surface area contributed by atoms with Crippen molar-refractivity contribution in [3.05, 3.63) is 11.6 Å². The van der Waals surface area contributed by atoms with E-state index in [9.17, 15) is 9.59 Å². The average molecular weight is 389 g/mol. The molecule has 1 atom stereocenters. The summed E-state index contributed by atoms with van der Waals surface area (Å²) in [4.78, 5) is 30.8.